The van der Waals surface area contributed by atoms with Gasteiger partial charge in [0.1, 0.15) is 0 Å². The van der Waals surface area contributed by atoms with Crippen LogP contribution >= 0.6 is 11.8 Å². The lowest BCUT2D eigenvalue weighted by Gasteiger charge is -2.19. The fourth-order valence-corrected chi connectivity index (χ4v) is 3.42. The van der Waals surface area contributed by atoms with Gasteiger partial charge in [0, 0.05) is 31.3 Å². The van der Waals surface area contributed by atoms with Crippen molar-refractivity contribution in [2.24, 2.45) is 5.92 Å². The van der Waals surface area contributed by atoms with Crippen LogP contribution in [0.5, 0.6) is 0 Å². The van der Waals surface area contributed by atoms with Crippen LogP contribution in [0.3, 0.4) is 0 Å². The molecule has 1 aliphatic carbocycles. The van der Waals surface area contributed by atoms with E-state index < -0.39 is 11.9 Å². The highest BCUT2D eigenvalue weighted by molar-refractivity contribution is 8.13. The topological polar surface area (TPSA) is 86.7 Å². The number of nitrogens with one attached hydrogen (secondary N) is 1. The lowest BCUT2D eigenvalue weighted by molar-refractivity contribution is -0.142. The highest BCUT2D eigenvalue weighted by atomic mass is 32.2. The van der Waals surface area contributed by atoms with E-state index in [4.69, 9.17) is 5.11 Å². The first-order valence-corrected chi connectivity index (χ1v) is 7.50. The number of aliphatic carboxylic acids is 1. The quantitative estimate of drug-likeness (QED) is 0.784. The Bertz CT molecular complexity index is 388. The average Bonchev–Trinajstić information content (AvgIpc) is 2.95. The van der Waals surface area contributed by atoms with Gasteiger partial charge in [-0.05, 0) is 12.8 Å². The Hall–Kier alpha value is -1.24. The number of thioether (sulfide) groups is 1. The molecule has 0 radical (unpaired) electrons. The molecule has 2 unspecified atom stereocenters. The molecule has 19 heavy (non-hydrogen) atoms. The molecule has 2 aliphatic rings. The van der Waals surface area contributed by atoms with Crippen molar-refractivity contribution in [1.82, 2.24) is 10.2 Å². The molecule has 0 bridgehead atoms. The van der Waals surface area contributed by atoms with Gasteiger partial charge < -0.3 is 15.3 Å². The summed E-state index contributed by atoms with van der Waals surface area (Å²) in [5, 5.41) is 11.8. The Kier molecular flexibility index (Phi) is 4.68. The van der Waals surface area contributed by atoms with Crippen molar-refractivity contribution >= 4 is 28.9 Å². The summed E-state index contributed by atoms with van der Waals surface area (Å²) in [5.74, 6) is -0.686. The zero-order chi connectivity index (χ0) is 13.8. The number of carbonyl (C=O) groups is 3. The number of carboxylic acids is 1. The van der Waals surface area contributed by atoms with E-state index >= 15 is 0 Å². The number of carboxylic acid groups (broad SMARTS) is 1. The Morgan fingerprint density at radius 1 is 1.42 bits per heavy atom. The minimum Gasteiger partial charge on any atom is -0.481 e. The van der Waals surface area contributed by atoms with Gasteiger partial charge in [-0.3, -0.25) is 14.4 Å². The fourth-order valence-electron chi connectivity index (χ4n) is 2.57. The third-order valence-corrected chi connectivity index (χ3v) is 4.53. The Balaban J connectivity index is 1.75. The van der Waals surface area contributed by atoms with Gasteiger partial charge in [-0.1, -0.05) is 18.2 Å². The van der Waals surface area contributed by atoms with Crippen LogP contribution in [0.1, 0.15) is 25.7 Å². The van der Waals surface area contributed by atoms with Crippen molar-refractivity contribution in [3.63, 3.8) is 0 Å². The fraction of sp³-hybridized carbons (Fsp3) is 0.750. The number of carbonyl (C=O) groups excluding carboxylic acids is 2. The molecule has 0 aromatic carbocycles. The molecule has 2 fully saturated rings. The lowest BCUT2D eigenvalue weighted by atomic mass is 10.0. The molecular weight excluding hydrogens is 268 g/mol. The zero-order valence-electron chi connectivity index (χ0n) is 10.6. The standard InChI is InChI=1S/C12H18N2O4S/c15-10(4-5-14-6-7-19-12(14)18)13-9-3-1-2-8(9)11(16)17/h8-9H,1-7H2,(H,13,15)(H,16,17). The largest absolute Gasteiger partial charge is 0.481 e. The highest BCUT2D eigenvalue weighted by Gasteiger charge is 2.33. The van der Waals surface area contributed by atoms with Crippen LogP contribution in [0, 0.1) is 5.92 Å². The third-order valence-electron chi connectivity index (χ3n) is 3.63. The minimum atomic E-state index is -0.839. The summed E-state index contributed by atoms with van der Waals surface area (Å²) >= 11 is 1.27. The summed E-state index contributed by atoms with van der Waals surface area (Å²) in [6.45, 7) is 1.11. The number of hydrogen-bond acceptors (Lipinski definition) is 4. The molecule has 2 amide bonds. The average molecular weight is 286 g/mol. The van der Waals surface area contributed by atoms with E-state index in [0.717, 1.165) is 18.6 Å². The maximum Gasteiger partial charge on any atom is 0.308 e. The van der Waals surface area contributed by atoms with Crippen LogP contribution in [0.25, 0.3) is 0 Å². The van der Waals surface area contributed by atoms with Crippen LogP contribution in [0.2, 0.25) is 0 Å². The molecular formula is C12H18N2O4S. The molecule has 1 heterocycles. The summed E-state index contributed by atoms with van der Waals surface area (Å²) in [7, 11) is 0. The number of hydrogen-bond donors (Lipinski definition) is 2. The van der Waals surface area contributed by atoms with Crippen molar-refractivity contribution in [3.8, 4) is 0 Å². The van der Waals surface area contributed by atoms with E-state index in [1.54, 1.807) is 4.90 Å². The molecule has 1 saturated carbocycles. The van der Waals surface area contributed by atoms with Gasteiger partial charge in [0.15, 0.2) is 0 Å². The van der Waals surface area contributed by atoms with Crippen molar-refractivity contribution in [1.29, 1.82) is 0 Å². The van der Waals surface area contributed by atoms with E-state index in [-0.39, 0.29) is 23.6 Å². The van der Waals surface area contributed by atoms with E-state index in [1.807, 2.05) is 0 Å². The number of amides is 2. The zero-order valence-corrected chi connectivity index (χ0v) is 11.4. The summed E-state index contributed by atoms with van der Waals surface area (Å²) in [5.41, 5.74) is 0. The lowest BCUT2D eigenvalue weighted by Crippen LogP contribution is -2.41. The van der Waals surface area contributed by atoms with Crippen molar-refractivity contribution < 1.29 is 19.5 Å². The maximum absolute atomic E-state index is 11.8. The van der Waals surface area contributed by atoms with Crippen LogP contribution in [-0.4, -0.2) is 52.0 Å². The first kappa shape index (κ1) is 14.2. The van der Waals surface area contributed by atoms with Gasteiger partial charge in [0.05, 0.1) is 5.92 Å². The van der Waals surface area contributed by atoms with Gasteiger partial charge >= 0.3 is 5.97 Å². The normalized spacial score (nSPS) is 26.7. The first-order valence-electron chi connectivity index (χ1n) is 6.52. The molecule has 0 aromatic rings. The summed E-state index contributed by atoms with van der Waals surface area (Å²) < 4.78 is 0. The van der Waals surface area contributed by atoms with E-state index in [0.29, 0.717) is 19.5 Å². The molecule has 2 rings (SSSR count). The molecule has 2 atom stereocenters. The van der Waals surface area contributed by atoms with Crippen molar-refractivity contribution in [2.75, 3.05) is 18.8 Å². The Morgan fingerprint density at radius 2 is 2.21 bits per heavy atom. The predicted molar refractivity (Wildman–Crippen MR) is 71.0 cm³/mol. The van der Waals surface area contributed by atoms with E-state index in [9.17, 15) is 14.4 Å². The summed E-state index contributed by atoms with van der Waals surface area (Å²) in [4.78, 5) is 35.8. The molecule has 106 valence electrons. The Labute approximate surface area is 115 Å². The summed E-state index contributed by atoms with van der Waals surface area (Å²) in [6, 6.07) is -0.256. The van der Waals surface area contributed by atoms with Crippen LogP contribution in [0.15, 0.2) is 0 Å². The van der Waals surface area contributed by atoms with E-state index in [2.05, 4.69) is 5.32 Å². The van der Waals surface area contributed by atoms with Gasteiger partial charge in [-0.2, -0.15) is 0 Å². The second-order valence-corrected chi connectivity index (χ2v) is 5.95. The summed E-state index contributed by atoms with van der Waals surface area (Å²) in [6.07, 6.45) is 2.43. The van der Waals surface area contributed by atoms with Gasteiger partial charge in [0.2, 0.25) is 5.91 Å². The van der Waals surface area contributed by atoms with Gasteiger partial charge in [-0.15, -0.1) is 0 Å². The van der Waals surface area contributed by atoms with Crippen LogP contribution < -0.4 is 5.32 Å². The molecule has 0 spiro atoms. The second kappa shape index (κ2) is 6.27. The van der Waals surface area contributed by atoms with E-state index in [1.165, 1.54) is 11.8 Å². The molecule has 1 aliphatic heterocycles. The van der Waals surface area contributed by atoms with Gasteiger partial charge in [-0.25, -0.2) is 0 Å². The van der Waals surface area contributed by atoms with Crippen LogP contribution in [-0.2, 0) is 9.59 Å². The second-order valence-electron chi connectivity index (χ2n) is 4.90. The molecule has 1 saturated heterocycles. The molecule has 7 heteroatoms. The maximum atomic E-state index is 11.8. The minimum absolute atomic E-state index is 0.0251. The van der Waals surface area contributed by atoms with Gasteiger partial charge in [0.25, 0.3) is 5.24 Å². The molecule has 6 nitrogen and oxygen atoms in total. The number of nitrogens with zero attached hydrogens (tertiary/aromatic N) is 1. The number of rotatable bonds is 5. The Morgan fingerprint density at radius 3 is 2.84 bits per heavy atom. The monoisotopic (exact) mass is 286 g/mol. The van der Waals surface area contributed by atoms with Crippen molar-refractivity contribution in [2.45, 2.75) is 31.7 Å². The van der Waals surface area contributed by atoms with Crippen molar-refractivity contribution in [3.05, 3.63) is 0 Å². The molecule has 0 aromatic heterocycles. The SMILES string of the molecule is O=C(CCN1CCSC1=O)NC1CCCC1C(=O)O. The smallest absolute Gasteiger partial charge is 0.308 e. The predicted octanol–water partition coefficient (Wildman–Crippen LogP) is 0.915. The molecule has 2 N–H and O–H groups in total. The first-order chi connectivity index (χ1) is 9.08. The third kappa shape index (κ3) is 3.62. The highest BCUT2D eigenvalue weighted by Crippen LogP contribution is 2.26. The van der Waals surface area contributed by atoms with Crippen LogP contribution in [0.4, 0.5) is 4.79 Å².